The largest absolute Gasteiger partial charge is 0.395 e. The van der Waals surface area contributed by atoms with Gasteiger partial charge >= 0.3 is 0 Å². The van der Waals surface area contributed by atoms with Crippen molar-refractivity contribution in [2.45, 2.75) is 31.5 Å². The zero-order valence-corrected chi connectivity index (χ0v) is 11.8. The Hall–Kier alpha value is -0.290. The molecule has 9 heteroatoms. The second-order valence-corrected chi connectivity index (χ2v) is 5.93. The summed E-state index contributed by atoms with van der Waals surface area (Å²) in [6.45, 7) is 0.234. The molecule has 0 fully saturated rings. The molecule has 0 aromatic carbocycles. The predicted octanol–water partition coefficient (Wildman–Crippen LogP) is -1.99. The molecule has 0 aromatic heterocycles. The molecule has 19 heavy (non-hydrogen) atoms. The molecule has 5 N–H and O–H groups in total. The molecule has 0 aliphatic carbocycles. The van der Waals surface area contributed by atoms with Gasteiger partial charge in [-0.05, 0) is 6.42 Å². The molecule has 8 nitrogen and oxygen atoms in total. The fraction of sp³-hybridized carbons (Fsp3) is 1.00. The van der Waals surface area contributed by atoms with Gasteiger partial charge in [-0.15, -0.1) is 0 Å². The maximum atomic E-state index is 10.8. The third-order valence-corrected chi connectivity index (χ3v) is 3.69. The van der Waals surface area contributed by atoms with Crippen molar-refractivity contribution >= 4 is 10.1 Å². The Morgan fingerprint density at radius 1 is 1.21 bits per heavy atom. The van der Waals surface area contributed by atoms with E-state index >= 15 is 0 Å². The van der Waals surface area contributed by atoms with Crippen LogP contribution >= 0.6 is 0 Å². The van der Waals surface area contributed by atoms with E-state index < -0.39 is 47.5 Å². The second-order valence-electron chi connectivity index (χ2n) is 4.44. The van der Waals surface area contributed by atoms with Gasteiger partial charge in [-0.2, -0.15) is 8.42 Å². The molecular weight excluding hydrogens is 278 g/mol. The summed E-state index contributed by atoms with van der Waals surface area (Å²) in [5.41, 5.74) is -1.25. The van der Waals surface area contributed by atoms with E-state index in [1.165, 1.54) is 0 Å². The molecule has 1 atom stereocenters. The van der Waals surface area contributed by atoms with Crippen LogP contribution in [0.5, 0.6) is 0 Å². The first-order valence-corrected chi connectivity index (χ1v) is 7.59. The van der Waals surface area contributed by atoms with Crippen LogP contribution in [0.3, 0.4) is 0 Å². The average Bonchev–Trinajstić information content (AvgIpc) is 2.31. The highest BCUT2D eigenvalue weighted by Gasteiger charge is 2.39. The van der Waals surface area contributed by atoms with Gasteiger partial charge in [0.05, 0.1) is 25.4 Å². The summed E-state index contributed by atoms with van der Waals surface area (Å²) in [6.07, 6.45) is -0.766. The zero-order chi connectivity index (χ0) is 15.1. The predicted molar refractivity (Wildman–Crippen MR) is 68.0 cm³/mol. The van der Waals surface area contributed by atoms with Crippen LogP contribution in [0.2, 0.25) is 0 Å². The number of hydrogen-bond donors (Lipinski definition) is 5. The van der Waals surface area contributed by atoms with Gasteiger partial charge in [0.15, 0.2) is 0 Å². The molecule has 0 saturated heterocycles. The molecule has 0 aliphatic rings. The standard InChI is InChI=1S/C10H23NO7S/c1-2-3-10(7-13,8-14)11(4-5-12)9(15)6-19(16,17)18/h9,12-15H,2-8H2,1H3,(H,16,17,18). The van der Waals surface area contributed by atoms with Crippen LogP contribution < -0.4 is 0 Å². The van der Waals surface area contributed by atoms with Gasteiger partial charge < -0.3 is 20.4 Å². The van der Waals surface area contributed by atoms with E-state index in [1.54, 1.807) is 6.92 Å². The Labute approximate surface area is 113 Å². The second kappa shape index (κ2) is 8.10. The van der Waals surface area contributed by atoms with Crippen molar-refractivity contribution in [1.82, 2.24) is 4.90 Å². The molecule has 0 saturated carbocycles. The van der Waals surface area contributed by atoms with Gasteiger partial charge in [0, 0.05) is 6.54 Å². The molecule has 0 aliphatic heterocycles. The van der Waals surface area contributed by atoms with Gasteiger partial charge in [-0.3, -0.25) is 9.45 Å². The summed E-state index contributed by atoms with van der Waals surface area (Å²) in [6, 6.07) is 0. The minimum Gasteiger partial charge on any atom is -0.395 e. The average molecular weight is 301 g/mol. The number of aliphatic hydroxyl groups excluding tert-OH is 4. The topological polar surface area (TPSA) is 139 Å². The van der Waals surface area contributed by atoms with Gasteiger partial charge in [-0.1, -0.05) is 13.3 Å². The molecular formula is C10H23NO7S. The first-order chi connectivity index (χ1) is 8.76. The molecule has 0 rings (SSSR count). The first kappa shape index (κ1) is 18.7. The lowest BCUT2D eigenvalue weighted by Gasteiger charge is -2.43. The zero-order valence-electron chi connectivity index (χ0n) is 10.9. The minimum absolute atomic E-state index is 0.141. The third-order valence-electron chi connectivity index (χ3n) is 2.97. The van der Waals surface area contributed by atoms with E-state index in [0.717, 1.165) is 4.90 Å². The van der Waals surface area contributed by atoms with Gasteiger partial charge in [0.1, 0.15) is 12.0 Å². The van der Waals surface area contributed by atoms with Crippen LogP contribution in [0.4, 0.5) is 0 Å². The number of aliphatic hydroxyl groups is 4. The Bertz CT molecular complexity index is 342. The van der Waals surface area contributed by atoms with Crippen molar-refractivity contribution in [2.75, 3.05) is 32.1 Å². The van der Waals surface area contributed by atoms with E-state index in [4.69, 9.17) is 9.66 Å². The van der Waals surface area contributed by atoms with Crippen molar-refractivity contribution < 1.29 is 33.4 Å². The fourth-order valence-electron chi connectivity index (χ4n) is 2.09. The van der Waals surface area contributed by atoms with Gasteiger partial charge in [0.2, 0.25) is 0 Å². The van der Waals surface area contributed by atoms with Gasteiger partial charge in [-0.25, -0.2) is 0 Å². The number of β-amino-alcohol motifs (C(OH)–C–C–N with tert-alkyl or cyclic N) is 1. The quantitative estimate of drug-likeness (QED) is 0.231. The monoisotopic (exact) mass is 301 g/mol. The Morgan fingerprint density at radius 2 is 1.74 bits per heavy atom. The summed E-state index contributed by atoms with van der Waals surface area (Å²) < 4.78 is 30.3. The lowest BCUT2D eigenvalue weighted by molar-refractivity contribution is -0.107. The highest BCUT2D eigenvalue weighted by molar-refractivity contribution is 7.85. The van der Waals surface area contributed by atoms with Crippen molar-refractivity contribution in [3.8, 4) is 0 Å². The van der Waals surface area contributed by atoms with Crippen LogP contribution in [0.1, 0.15) is 19.8 Å². The first-order valence-electron chi connectivity index (χ1n) is 5.99. The lowest BCUT2D eigenvalue weighted by Crippen LogP contribution is -2.60. The molecule has 0 spiro atoms. The normalized spacial score (nSPS) is 14.9. The summed E-state index contributed by atoms with van der Waals surface area (Å²) >= 11 is 0. The van der Waals surface area contributed by atoms with Crippen LogP contribution in [0.15, 0.2) is 0 Å². The summed E-state index contributed by atoms with van der Waals surface area (Å²) in [4.78, 5) is 1.10. The van der Waals surface area contributed by atoms with Crippen molar-refractivity contribution in [3.05, 3.63) is 0 Å². The van der Waals surface area contributed by atoms with Crippen molar-refractivity contribution in [3.63, 3.8) is 0 Å². The summed E-state index contributed by atoms with van der Waals surface area (Å²) in [7, 11) is -4.41. The van der Waals surface area contributed by atoms with E-state index in [-0.39, 0.29) is 6.54 Å². The Morgan fingerprint density at radius 3 is 2.05 bits per heavy atom. The highest BCUT2D eigenvalue weighted by atomic mass is 32.2. The Kier molecular flexibility index (Phi) is 7.98. The van der Waals surface area contributed by atoms with Crippen LogP contribution in [0.25, 0.3) is 0 Å². The van der Waals surface area contributed by atoms with Crippen molar-refractivity contribution in [2.24, 2.45) is 0 Å². The smallest absolute Gasteiger partial charge is 0.268 e. The summed E-state index contributed by atoms with van der Waals surface area (Å²) in [5, 5.41) is 37.7. The summed E-state index contributed by atoms with van der Waals surface area (Å²) in [5.74, 6) is -0.960. The maximum Gasteiger partial charge on any atom is 0.268 e. The molecule has 0 radical (unpaired) electrons. The van der Waals surface area contributed by atoms with E-state index in [1.807, 2.05) is 0 Å². The highest BCUT2D eigenvalue weighted by Crippen LogP contribution is 2.23. The molecule has 1 unspecified atom stereocenters. The maximum absolute atomic E-state index is 10.8. The molecule has 116 valence electrons. The van der Waals surface area contributed by atoms with E-state index in [9.17, 15) is 23.7 Å². The fourth-order valence-corrected chi connectivity index (χ4v) is 2.64. The molecule has 0 aromatic rings. The number of hydrogen-bond acceptors (Lipinski definition) is 7. The lowest BCUT2D eigenvalue weighted by atomic mass is 9.93. The third kappa shape index (κ3) is 5.69. The molecule has 0 heterocycles. The number of nitrogens with zero attached hydrogens (tertiary/aromatic N) is 1. The van der Waals surface area contributed by atoms with E-state index in [2.05, 4.69) is 0 Å². The minimum atomic E-state index is -4.41. The van der Waals surface area contributed by atoms with E-state index in [0.29, 0.717) is 12.8 Å². The Balaban J connectivity index is 5.23. The van der Waals surface area contributed by atoms with Crippen LogP contribution in [-0.4, -0.2) is 82.2 Å². The van der Waals surface area contributed by atoms with Crippen LogP contribution in [0, 0.1) is 0 Å². The van der Waals surface area contributed by atoms with Gasteiger partial charge in [0.25, 0.3) is 10.1 Å². The van der Waals surface area contributed by atoms with Crippen molar-refractivity contribution in [1.29, 1.82) is 0 Å². The number of rotatable bonds is 10. The van der Waals surface area contributed by atoms with Crippen LogP contribution in [-0.2, 0) is 10.1 Å². The SMILES string of the molecule is CCCC(CO)(CO)N(CCO)C(O)CS(=O)(=O)O. The molecule has 0 bridgehead atoms. The molecule has 0 amide bonds.